The number of nitrogens with one attached hydrogen (secondary N) is 2. The molecule has 5 nitrogen and oxygen atoms in total. The average Bonchev–Trinajstić information content (AvgIpc) is 2.33. The van der Waals surface area contributed by atoms with E-state index in [9.17, 15) is 4.79 Å². The molecule has 20 heavy (non-hydrogen) atoms. The highest BCUT2D eigenvalue weighted by Crippen LogP contribution is 2.06. The molecule has 0 aliphatic heterocycles. The van der Waals surface area contributed by atoms with E-state index in [1.54, 1.807) is 6.20 Å². The molecule has 0 fully saturated rings. The van der Waals surface area contributed by atoms with Crippen molar-refractivity contribution >= 4 is 6.09 Å². The Morgan fingerprint density at radius 3 is 2.75 bits per heavy atom. The van der Waals surface area contributed by atoms with Gasteiger partial charge in [0.25, 0.3) is 0 Å². The number of aryl methyl sites for hydroxylation is 1. The largest absolute Gasteiger partial charge is 0.444 e. The molecule has 0 saturated heterocycles. The van der Waals surface area contributed by atoms with Crippen molar-refractivity contribution < 1.29 is 9.53 Å². The Hall–Kier alpha value is -1.62. The minimum Gasteiger partial charge on any atom is -0.444 e. The molecule has 1 aromatic heterocycles. The second-order valence-electron chi connectivity index (χ2n) is 5.93. The van der Waals surface area contributed by atoms with Gasteiger partial charge in [-0.1, -0.05) is 6.07 Å². The summed E-state index contributed by atoms with van der Waals surface area (Å²) in [6, 6.07) is 4.10. The summed E-state index contributed by atoms with van der Waals surface area (Å²) in [5.74, 6) is 0. The summed E-state index contributed by atoms with van der Waals surface area (Å²) in [6.45, 7) is 10.8. The highest BCUT2D eigenvalue weighted by Gasteiger charge is 2.16. The molecule has 112 valence electrons. The van der Waals surface area contributed by atoms with Crippen LogP contribution in [0.15, 0.2) is 18.3 Å². The Bertz CT molecular complexity index is 441. The summed E-state index contributed by atoms with van der Waals surface area (Å²) in [7, 11) is 0. The molecule has 0 saturated carbocycles. The first-order valence-corrected chi connectivity index (χ1v) is 6.88. The molecular weight excluding hydrogens is 254 g/mol. The van der Waals surface area contributed by atoms with Gasteiger partial charge < -0.3 is 15.4 Å². The zero-order chi connectivity index (χ0) is 15.2. The van der Waals surface area contributed by atoms with Gasteiger partial charge in [0.2, 0.25) is 0 Å². The van der Waals surface area contributed by atoms with Crippen molar-refractivity contribution in [3.63, 3.8) is 0 Å². The minimum absolute atomic E-state index is 0.143. The van der Waals surface area contributed by atoms with Gasteiger partial charge in [-0.25, -0.2) is 4.79 Å². The normalized spacial score (nSPS) is 12.8. The maximum Gasteiger partial charge on any atom is 0.407 e. The fourth-order valence-corrected chi connectivity index (χ4v) is 1.60. The highest BCUT2D eigenvalue weighted by molar-refractivity contribution is 5.67. The van der Waals surface area contributed by atoms with Gasteiger partial charge in [0.15, 0.2) is 0 Å². The van der Waals surface area contributed by atoms with Crippen molar-refractivity contribution in [2.24, 2.45) is 0 Å². The smallest absolute Gasteiger partial charge is 0.407 e. The van der Waals surface area contributed by atoms with Crippen LogP contribution in [0.2, 0.25) is 0 Å². The van der Waals surface area contributed by atoms with Crippen LogP contribution >= 0.6 is 0 Å². The van der Waals surface area contributed by atoms with Crippen LogP contribution in [0, 0.1) is 6.92 Å². The van der Waals surface area contributed by atoms with E-state index in [4.69, 9.17) is 4.74 Å². The first-order valence-electron chi connectivity index (χ1n) is 6.88. The van der Waals surface area contributed by atoms with E-state index in [2.05, 4.69) is 15.6 Å². The SMILES string of the molecule is Cc1cccnc1CNC(C)CNC(=O)OC(C)(C)C. The summed E-state index contributed by atoms with van der Waals surface area (Å²) in [4.78, 5) is 15.8. The standard InChI is InChI=1S/C15H25N3O2/c1-11-7-6-8-16-13(11)10-17-12(2)9-18-14(19)20-15(3,4)5/h6-8,12,17H,9-10H2,1-5H3,(H,18,19). The fourth-order valence-electron chi connectivity index (χ4n) is 1.60. The Morgan fingerprint density at radius 1 is 1.45 bits per heavy atom. The first-order chi connectivity index (χ1) is 9.28. The molecule has 1 aromatic rings. The second kappa shape index (κ2) is 7.24. The van der Waals surface area contributed by atoms with Gasteiger partial charge >= 0.3 is 6.09 Å². The third-order valence-electron chi connectivity index (χ3n) is 2.69. The molecule has 0 radical (unpaired) electrons. The maximum absolute atomic E-state index is 11.5. The summed E-state index contributed by atoms with van der Waals surface area (Å²) >= 11 is 0. The lowest BCUT2D eigenvalue weighted by molar-refractivity contribution is 0.0523. The molecule has 1 unspecified atom stereocenters. The Morgan fingerprint density at radius 2 is 2.15 bits per heavy atom. The van der Waals surface area contributed by atoms with Crippen LogP contribution in [0.25, 0.3) is 0 Å². The van der Waals surface area contributed by atoms with Crippen molar-refractivity contribution in [1.82, 2.24) is 15.6 Å². The molecule has 0 aliphatic rings. The molecule has 5 heteroatoms. The third kappa shape index (κ3) is 6.52. The van der Waals surface area contributed by atoms with Crippen molar-refractivity contribution in [3.8, 4) is 0 Å². The molecular formula is C15H25N3O2. The maximum atomic E-state index is 11.5. The molecule has 0 spiro atoms. The first kappa shape index (κ1) is 16.4. The Balaban J connectivity index is 2.29. The van der Waals surface area contributed by atoms with E-state index in [1.165, 1.54) is 0 Å². The quantitative estimate of drug-likeness (QED) is 0.868. The van der Waals surface area contributed by atoms with Crippen LogP contribution in [-0.4, -0.2) is 29.3 Å². The zero-order valence-electron chi connectivity index (χ0n) is 13.0. The van der Waals surface area contributed by atoms with E-state index in [0.29, 0.717) is 13.1 Å². The van der Waals surface area contributed by atoms with Crippen LogP contribution in [0.3, 0.4) is 0 Å². The summed E-state index contributed by atoms with van der Waals surface area (Å²) in [5.41, 5.74) is 1.72. The minimum atomic E-state index is -0.466. The fraction of sp³-hybridized carbons (Fsp3) is 0.600. The van der Waals surface area contributed by atoms with Gasteiger partial charge in [0.05, 0.1) is 5.69 Å². The van der Waals surface area contributed by atoms with E-state index in [0.717, 1.165) is 11.3 Å². The van der Waals surface area contributed by atoms with Crippen LogP contribution < -0.4 is 10.6 Å². The molecule has 1 amide bonds. The van der Waals surface area contributed by atoms with E-state index >= 15 is 0 Å². The predicted molar refractivity (Wildman–Crippen MR) is 79.5 cm³/mol. The van der Waals surface area contributed by atoms with Crippen molar-refractivity contribution in [1.29, 1.82) is 0 Å². The van der Waals surface area contributed by atoms with Crippen LogP contribution in [0.5, 0.6) is 0 Å². The molecule has 1 rings (SSSR count). The van der Waals surface area contributed by atoms with Crippen LogP contribution in [-0.2, 0) is 11.3 Å². The lowest BCUT2D eigenvalue weighted by Crippen LogP contribution is -2.41. The van der Waals surface area contributed by atoms with Crippen molar-refractivity contribution in [2.75, 3.05) is 6.54 Å². The number of rotatable bonds is 5. The number of alkyl carbamates (subject to hydrolysis) is 1. The van der Waals surface area contributed by atoms with Crippen molar-refractivity contribution in [3.05, 3.63) is 29.6 Å². The van der Waals surface area contributed by atoms with Gasteiger partial charge in [-0.2, -0.15) is 0 Å². The van der Waals surface area contributed by atoms with E-state index in [1.807, 2.05) is 46.8 Å². The zero-order valence-corrected chi connectivity index (χ0v) is 13.0. The molecule has 0 aromatic carbocycles. The molecule has 0 bridgehead atoms. The molecule has 0 aliphatic carbocycles. The van der Waals surface area contributed by atoms with Crippen LogP contribution in [0.1, 0.15) is 39.0 Å². The topological polar surface area (TPSA) is 63.2 Å². The number of hydrogen-bond acceptors (Lipinski definition) is 4. The summed E-state index contributed by atoms with van der Waals surface area (Å²) in [6.07, 6.45) is 1.40. The number of carbonyl (C=O) groups excluding carboxylic acids is 1. The monoisotopic (exact) mass is 279 g/mol. The van der Waals surface area contributed by atoms with E-state index < -0.39 is 5.60 Å². The number of ether oxygens (including phenoxy) is 1. The second-order valence-corrected chi connectivity index (χ2v) is 5.93. The molecule has 1 atom stereocenters. The lowest BCUT2D eigenvalue weighted by atomic mass is 10.2. The highest BCUT2D eigenvalue weighted by atomic mass is 16.6. The number of hydrogen-bond donors (Lipinski definition) is 2. The third-order valence-corrected chi connectivity index (χ3v) is 2.69. The van der Waals surface area contributed by atoms with Gasteiger partial charge in [0.1, 0.15) is 5.60 Å². The predicted octanol–water partition coefficient (Wildman–Crippen LogP) is 2.39. The summed E-state index contributed by atoms with van der Waals surface area (Å²) in [5, 5.41) is 6.07. The number of nitrogens with zero attached hydrogens (tertiary/aromatic N) is 1. The number of pyridine rings is 1. The molecule has 1 heterocycles. The van der Waals surface area contributed by atoms with E-state index in [-0.39, 0.29) is 12.1 Å². The lowest BCUT2D eigenvalue weighted by Gasteiger charge is -2.21. The van der Waals surface area contributed by atoms with Gasteiger partial charge in [-0.05, 0) is 46.2 Å². The van der Waals surface area contributed by atoms with Crippen molar-refractivity contribution in [2.45, 2.75) is 52.8 Å². The average molecular weight is 279 g/mol. The van der Waals surface area contributed by atoms with Crippen LogP contribution in [0.4, 0.5) is 4.79 Å². The van der Waals surface area contributed by atoms with Gasteiger partial charge in [-0.15, -0.1) is 0 Å². The Labute approximate surface area is 121 Å². The summed E-state index contributed by atoms with van der Waals surface area (Å²) < 4.78 is 5.18. The Kier molecular flexibility index (Phi) is 5.95. The van der Waals surface area contributed by atoms with Gasteiger partial charge in [-0.3, -0.25) is 4.98 Å². The number of aromatic nitrogens is 1. The van der Waals surface area contributed by atoms with Gasteiger partial charge in [0, 0.05) is 25.3 Å². The molecule has 2 N–H and O–H groups in total. The number of amides is 1. The number of carbonyl (C=O) groups is 1.